The molecule has 122 valence electrons. The number of carbonyl (C=O) groups excluding carboxylic acids is 1. The first-order valence-electron chi connectivity index (χ1n) is 7.97. The molecule has 1 aliphatic heterocycles. The number of aliphatic hydroxyl groups excluding tert-OH is 1. The first-order valence-corrected chi connectivity index (χ1v) is 7.97. The zero-order valence-electron chi connectivity index (χ0n) is 13.2. The SMILES string of the molecule is O=C(c1ccc(C#Cc2ccc(F)cc2)cc1)N1CCC(O)CC1. The van der Waals surface area contributed by atoms with E-state index >= 15 is 0 Å². The van der Waals surface area contributed by atoms with Crippen LogP contribution >= 0.6 is 0 Å². The summed E-state index contributed by atoms with van der Waals surface area (Å²) in [5.41, 5.74) is 2.16. The molecule has 1 saturated heterocycles. The number of nitrogens with zero attached hydrogens (tertiary/aromatic N) is 1. The van der Waals surface area contributed by atoms with Gasteiger partial charge in [0.1, 0.15) is 5.82 Å². The molecule has 1 fully saturated rings. The van der Waals surface area contributed by atoms with Crippen molar-refractivity contribution >= 4 is 5.91 Å². The number of piperidine rings is 1. The van der Waals surface area contributed by atoms with E-state index in [-0.39, 0.29) is 17.8 Å². The Hall–Kier alpha value is -2.64. The number of likely N-dealkylation sites (tertiary alicyclic amines) is 1. The molecule has 0 aliphatic carbocycles. The van der Waals surface area contributed by atoms with Crippen LogP contribution in [0.1, 0.15) is 34.3 Å². The first kappa shape index (κ1) is 16.2. The summed E-state index contributed by atoms with van der Waals surface area (Å²) < 4.78 is 12.8. The third kappa shape index (κ3) is 4.01. The third-order valence-electron chi connectivity index (χ3n) is 4.08. The molecule has 0 unspecified atom stereocenters. The number of benzene rings is 2. The van der Waals surface area contributed by atoms with Crippen LogP contribution in [0.5, 0.6) is 0 Å². The van der Waals surface area contributed by atoms with Gasteiger partial charge in [0.25, 0.3) is 5.91 Å². The van der Waals surface area contributed by atoms with Crippen molar-refractivity contribution in [2.75, 3.05) is 13.1 Å². The lowest BCUT2D eigenvalue weighted by molar-refractivity contribution is 0.0546. The quantitative estimate of drug-likeness (QED) is 0.820. The normalized spacial score (nSPS) is 14.8. The molecule has 1 aliphatic rings. The summed E-state index contributed by atoms with van der Waals surface area (Å²) in [6, 6.07) is 13.2. The van der Waals surface area contributed by atoms with Gasteiger partial charge in [-0.05, 0) is 61.4 Å². The average Bonchev–Trinajstić information content (AvgIpc) is 2.62. The second kappa shape index (κ2) is 7.29. The molecule has 0 radical (unpaired) electrons. The van der Waals surface area contributed by atoms with Crippen LogP contribution in [0.25, 0.3) is 0 Å². The summed E-state index contributed by atoms with van der Waals surface area (Å²) >= 11 is 0. The Balaban J connectivity index is 1.67. The van der Waals surface area contributed by atoms with Crippen molar-refractivity contribution < 1.29 is 14.3 Å². The Kier molecular flexibility index (Phi) is 4.93. The van der Waals surface area contributed by atoms with E-state index in [1.807, 2.05) is 12.1 Å². The molecule has 2 aromatic rings. The smallest absolute Gasteiger partial charge is 0.253 e. The van der Waals surface area contributed by atoms with Crippen LogP contribution in [0.3, 0.4) is 0 Å². The van der Waals surface area contributed by atoms with E-state index < -0.39 is 0 Å². The highest BCUT2D eigenvalue weighted by molar-refractivity contribution is 5.94. The highest BCUT2D eigenvalue weighted by Crippen LogP contribution is 2.14. The molecule has 1 N–H and O–H groups in total. The van der Waals surface area contributed by atoms with Crippen molar-refractivity contribution in [2.24, 2.45) is 0 Å². The van der Waals surface area contributed by atoms with E-state index in [4.69, 9.17) is 0 Å². The van der Waals surface area contributed by atoms with Gasteiger partial charge >= 0.3 is 0 Å². The van der Waals surface area contributed by atoms with Gasteiger partial charge in [-0.15, -0.1) is 0 Å². The maximum Gasteiger partial charge on any atom is 0.253 e. The van der Waals surface area contributed by atoms with E-state index in [2.05, 4.69) is 11.8 Å². The monoisotopic (exact) mass is 323 g/mol. The topological polar surface area (TPSA) is 40.5 Å². The maximum atomic E-state index is 12.8. The lowest BCUT2D eigenvalue weighted by atomic mass is 10.1. The number of amides is 1. The molecule has 3 nitrogen and oxygen atoms in total. The fourth-order valence-electron chi connectivity index (χ4n) is 2.63. The minimum absolute atomic E-state index is 0.0139. The van der Waals surface area contributed by atoms with Crippen molar-refractivity contribution in [3.63, 3.8) is 0 Å². The van der Waals surface area contributed by atoms with Crippen LogP contribution in [0.15, 0.2) is 48.5 Å². The molecular formula is C20H18FNO2. The minimum Gasteiger partial charge on any atom is -0.393 e. The number of rotatable bonds is 1. The maximum absolute atomic E-state index is 12.8. The minimum atomic E-state index is -0.293. The molecule has 0 aromatic heterocycles. The van der Waals surface area contributed by atoms with Crippen molar-refractivity contribution in [3.8, 4) is 11.8 Å². The molecule has 1 heterocycles. The van der Waals surface area contributed by atoms with Crippen molar-refractivity contribution in [1.29, 1.82) is 0 Å². The van der Waals surface area contributed by atoms with Crippen LogP contribution in [0, 0.1) is 17.7 Å². The van der Waals surface area contributed by atoms with Crippen LogP contribution in [0.2, 0.25) is 0 Å². The Morgan fingerprint density at radius 2 is 1.46 bits per heavy atom. The highest BCUT2D eigenvalue weighted by Gasteiger charge is 2.21. The summed E-state index contributed by atoms with van der Waals surface area (Å²) in [4.78, 5) is 14.2. The zero-order chi connectivity index (χ0) is 16.9. The summed E-state index contributed by atoms with van der Waals surface area (Å²) in [7, 11) is 0. The van der Waals surface area contributed by atoms with Gasteiger partial charge in [-0.2, -0.15) is 0 Å². The number of hydrogen-bond donors (Lipinski definition) is 1. The van der Waals surface area contributed by atoms with Gasteiger partial charge < -0.3 is 10.0 Å². The number of aliphatic hydroxyl groups is 1. The van der Waals surface area contributed by atoms with E-state index in [0.29, 0.717) is 31.5 Å². The van der Waals surface area contributed by atoms with Crippen LogP contribution in [-0.2, 0) is 0 Å². The molecule has 2 aromatic carbocycles. The van der Waals surface area contributed by atoms with Crippen LogP contribution < -0.4 is 0 Å². The van der Waals surface area contributed by atoms with Crippen LogP contribution in [0.4, 0.5) is 4.39 Å². The van der Waals surface area contributed by atoms with E-state index in [9.17, 15) is 14.3 Å². The van der Waals surface area contributed by atoms with Gasteiger partial charge in [-0.1, -0.05) is 11.8 Å². The fraction of sp³-hybridized carbons (Fsp3) is 0.250. The molecule has 3 rings (SSSR count). The Bertz CT molecular complexity index is 764. The average molecular weight is 323 g/mol. The fourth-order valence-corrected chi connectivity index (χ4v) is 2.63. The van der Waals surface area contributed by atoms with Gasteiger partial charge in [0.15, 0.2) is 0 Å². The summed E-state index contributed by atoms with van der Waals surface area (Å²) in [5, 5.41) is 9.51. The van der Waals surface area contributed by atoms with E-state index in [1.165, 1.54) is 12.1 Å². The lowest BCUT2D eigenvalue weighted by Gasteiger charge is -2.29. The second-order valence-electron chi connectivity index (χ2n) is 5.86. The Morgan fingerprint density at radius 3 is 2.00 bits per heavy atom. The highest BCUT2D eigenvalue weighted by atomic mass is 19.1. The van der Waals surface area contributed by atoms with Gasteiger partial charge in [0.05, 0.1) is 6.10 Å². The van der Waals surface area contributed by atoms with E-state index in [1.54, 1.807) is 29.2 Å². The Labute approximate surface area is 140 Å². The van der Waals surface area contributed by atoms with Gasteiger partial charge in [0.2, 0.25) is 0 Å². The van der Waals surface area contributed by atoms with Gasteiger partial charge in [-0.25, -0.2) is 4.39 Å². The third-order valence-corrected chi connectivity index (χ3v) is 4.08. The number of halogens is 1. The summed E-state index contributed by atoms with van der Waals surface area (Å²) in [6.07, 6.45) is 0.970. The molecule has 4 heteroatoms. The molecule has 0 spiro atoms. The summed E-state index contributed by atoms with van der Waals surface area (Å²) in [5.74, 6) is 5.67. The standard InChI is InChI=1S/C20H18FNO2/c21-18-9-5-16(6-10-18)2-1-15-3-7-17(8-4-15)20(24)22-13-11-19(23)12-14-22/h3-10,19,23H,11-14H2. The van der Waals surface area contributed by atoms with Crippen molar-refractivity contribution in [2.45, 2.75) is 18.9 Å². The van der Waals surface area contributed by atoms with Crippen molar-refractivity contribution in [1.82, 2.24) is 4.90 Å². The predicted molar refractivity (Wildman–Crippen MR) is 90.0 cm³/mol. The Morgan fingerprint density at radius 1 is 0.958 bits per heavy atom. The molecule has 0 saturated carbocycles. The molecular weight excluding hydrogens is 305 g/mol. The van der Waals surface area contributed by atoms with Gasteiger partial charge in [0, 0.05) is 29.8 Å². The largest absolute Gasteiger partial charge is 0.393 e. The lowest BCUT2D eigenvalue weighted by Crippen LogP contribution is -2.40. The molecule has 0 bridgehead atoms. The number of carbonyl (C=O) groups is 1. The van der Waals surface area contributed by atoms with Crippen molar-refractivity contribution in [3.05, 3.63) is 71.0 Å². The second-order valence-corrected chi connectivity index (χ2v) is 5.86. The number of hydrogen-bond acceptors (Lipinski definition) is 2. The zero-order valence-corrected chi connectivity index (χ0v) is 13.2. The first-order chi connectivity index (χ1) is 11.6. The predicted octanol–water partition coefficient (Wildman–Crippen LogP) is 2.82. The molecule has 24 heavy (non-hydrogen) atoms. The molecule has 1 amide bonds. The van der Waals surface area contributed by atoms with Crippen LogP contribution in [-0.4, -0.2) is 35.1 Å². The van der Waals surface area contributed by atoms with E-state index in [0.717, 1.165) is 11.1 Å². The summed E-state index contributed by atoms with van der Waals surface area (Å²) in [6.45, 7) is 1.18. The molecule has 0 atom stereocenters. The van der Waals surface area contributed by atoms with Gasteiger partial charge in [-0.3, -0.25) is 4.79 Å².